The Bertz CT molecular complexity index is 194. The molecule has 74 valence electrons. The van der Waals surface area contributed by atoms with Crippen molar-refractivity contribution in [1.29, 1.82) is 0 Å². The van der Waals surface area contributed by atoms with Crippen molar-refractivity contribution < 1.29 is 14.3 Å². The molecule has 0 bridgehead atoms. The van der Waals surface area contributed by atoms with Crippen molar-refractivity contribution in [3.05, 3.63) is 12.7 Å². The van der Waals surface area contributed by atoms with Gasteiger partial charge in [0.1, 0.15) is 6.42 Å². The number of hydrogen-bond acceptors (Lipinski definition) is 3. The van der Waals surface area contributed by atoms with E-state index in [0.717, 1.165) is 12.5 Å². The predicted octanol–water partition coefficient (Wildman–Crippen LogP) is 1.72. The summed E-state index contributed by atoms with van der Waals surface area (Å²) in [5.41, 5.74) is 0. The molecule has 0 N–H and O–H groups in total. The van der Waals surface area contributed by atoms with Crippen molar-refractivity contribution in [3.8, 4) is 0 Å². The number of rotatable bonds is 6. The summed E-state index contributed by atoms with van der Waals surface area (Å²) in [4.78, 5) is 21.6. The average molecular weight is 184 g/mol. The van der Waals surface area contributed by atoms with Gasteiger partial charge in [0.2, 0.25) is 0 Å². The van der Waals surface area contributed by atoms with E-state index in [0.29, 0.717) is 12.5 Å². The summed E-state index contributed by atoms with van der Waals surface area (Å²) in [6.45, 7) is 7.74. The molecule has 0 aliphatic carbocycles. The molecule has 3 heteroatoms. The Kier molecular flexibility index (Phi) is 5.85. The van der Waals surface area contributed by atoms with Crippen molar-refractivity contribution in [2.75, 3.05) is 6.61 Å². The third-order valence-corrected chi connectivity index (χ3v) is 1.50. The molecule has 0 heterocycles. The minimum absolute atomic E-state index is 0.193. The van der Waals surface area contributed by atoms with Crippen LogP contribution >= 0.6 is 0 Å². The highest BCUT2D eigenvalue weighted by atomic mass is 16.5. The molecule has 0 rings (SSSR count). The fourth-order valence-electron chi connectivity index (χ4n) is 0.674. The first-order chi connectivity index (χ1) is 6.06. The fraction of sp³-hybridized carbons (Fsp3) is 0.600. The molecule has 0 radical (unpaired) electrons. The van der Waals surface area contributed by atoms with Crippen LogP contribution in [0.3, 0.4) is 0 Å². The molecular formula is C10H16O3. The first-order valence-electron chi connectivity index (χ1n) is 4.37. The minimum Gasteiger partial charge on any atom is -0.465 e. The van der Waals surface area contributed by atoms with Crippen LogP contribution in [0.25, 0.3) is 0 Å². The van der Waals surface area contributed by atoms with Gasteiger partial charge in [0, 0.05) is 0 Å². The lowest BCUT2D eigenvalue weighted by atomic mass is 10.1. The van der Waals surface area contributed by atoms with Crippen molar-refractivity contribution in [2.45, 2.75) is 26.7 Å². The topological polar surface area (TPSA) is 43.4 Å². The summed E-state index contributed by atoms with van der Waals surface area (Å²) in [5.74, 6) is -0.261. The van der Waals surface area contributed by atoms with Gasteiger partial charge in [0.05, 0.1) is 6.61 Å². The summed E-state index contributed by atoms with van der Waals surface area (Å²) >= 11 is 0. The number of ketones is 1. The second-order valence-electron chi connectivity index (χ2n) is 3.25. The summed E-state index contributed by atoms with van der Waals surface area (Å²) in [5, 5.41) is 0. The Hall–Kier alpha value is -1.12. The van der Waals surface area contributed by atoms with Crippen molar-refractivity contribution >= 4 is 11.8 Å². The predicted molar refractivity (Wildman–Crippen MR) is 50.2 cm³/mol. The molecule has 0 fully saturated rings. The van der Waals surface area contributed by atoms with Crippen molar-refractivity contribution in [3.63, 3.8) is 0 Å². The van der Waals surface area contributed by atoms with Gasteiger partial charge >= 0.3 is 5.97 Å². The minimum atomic E-state index is -0.467. The third-order valence-electron chi connectivity index (χ3n) is 1.50. The van der Waals surface area contributed by atoms with Gasteiger partial charge in [-0.2, -0.15) is 0 Å². The molecule has 0 aromatic rings. The van der Waals surface area contributed by atoms with E-state index in [1.54, 1.807) is 0 Å². The highest BCUT2D eigenvalue weighted by Crippen LogP contribution is 2.00. The Morgan fingerprint density at radius 1 is 1.46 bits per heavy atom. The van der Waals surface area contributed by atoms with Crippen LogP contribution < -0.4 is 0 Å². The quantitative estimate of drug-likeness (QED) is 0.358. The number of carbonyl (C=O) groups is 2. The SMILES string of the molecule is C=CC(=O)CC(=O)OCCC(C)C. The molecule has 0 spiro atoms. The van der Waals surface area contributed by atoms with Crippen LogP contribution in [0, 0.1) is 5.92 Å². The van der Waals surface area contributed by atoms with E-state index in [9.17, 15) is 9.59 Å². The van der Waals surface area contributed by atoms with Gasteiger partial charge in [-0.05, 0) is 18.4 Å². The zero-order chi connectivity index (χ0) is 10.3. The molecule has 0 aromatic carbocycles. The lowest BCUT2D eigenvalue weighted by Gasteiger charge is -2.05. The van der Waals surface area contributed by atoms with Crippen molar-refractivity contribution in [2.24, 2.45) is 5.92 Å². The molecule has 13 heavy (non-hydrogen) atoms. The summed E-state index contributed by atoms with van der Waals surface area (Å²) in [7, 11) is 0. The standard InChI is InChI=1S/C10H16O3/c1-4-9(11)7-10(12)13-6-5-8(2)3/h4,8H,1,5-7H2,2-3H3. The molecule has 3 nitrogen and oxygen atoms in total. The molecule has 0 aliphatic rings. The molecule has 0 aromatic heterocycles. The number of allylic oxidation sites excluding steroid dienone is 1. The second kappa shape index (κ2) is 6.40. The molecular weight excluding hydrogens is 168 g/mol. The van der Waals surface area contributed by atoms with Gasteiger partial charge < -0.3 is 4.74 Å². The second-order valence-corrected chi connectivity index (χ2v) is 3.25. The molecule has 0 atom stereocenters. The van der Waals surface area contributed by atoms with Crippen LogP contribution in [-0.4, -0.2) is 18.4 Å². The normalized spacial score (nSPS) is 9.77. The third kappa shape index (κ3) is 7.25. The van der Waals surface area contributed by atoms with Crippen molar-refractivity contribution in [1.82, 2.24) is 0 Å². The van der Waals surface area contributed by atoms with Crippen LogP contribution in [0.15, 0.2) is 12.7 Å². The zero-order valence-corrected chi connectivity index (χ0v) is 8.21. The lowest BCUT2D eigenvalue weighted by Crippen LogP contribution is -2.11. The van der Waals surface area contributed by atoms with Gasteiger partial charge in [-0.1, -0.05) is 20.4 Å². The van der Waals surface area contributed by atoms with Gasteiger partial charge in [-0.25, -0.2) is 0 Å². The maximum atomic E-state index is 10.9. The van der Waals surface area contributed by atoms with Crippen LogP contribution in [0.2, 0.25) is 0 Å². The van der Waals surface area contributed by atoms with Gasteiger partial charge in [0.15, 0.2) is 5.78 Å². The van der Waals surface area contributed by atoms with E-state index in [1.807, 2.05) is 13.8 Å². The smallest absolute Gasteiger partial charge is 0.313 e. The monoisotopic (exact) mass is 184 g/mol. The maximum absolute atomic E-state index is 10.9. The van der Waals surface area contributed by atoms with Crippen LogP contribution in [-0.2, 0) is 14.3 Å². The van der Waals surface area contributed by atoms with E-state index >= 15 is 0 Å². The Labute approximate surface area is 78.8 Å². The van der Waals surface area contributed by atoms with Gasteiger partial charge in [-0.3, -0.25) is 9.59 Å². The van der Waals surface area contributed by atoms with E-state index in [4.69, 9.17) is 4.74 Å². The summed E-state index contributed by atoms with van der Waals surface area (Å²) in [6, 6.07) is 0. The Morgan fingerprint density at radius 3 is 2.54 bits per heavy atom. The lowest BCUT2D eigenvalue weighted by molar-refractivity contribution is -0.145. The van der Waals surface area contributed by atoms with E-state index in [-0.39, 0.29) is 12.2 Å². The molecule has 0 unspecified atom stereocenters. The van der Waals surface area contributed by atoms with E-state index in [2.05, 4.69) is 6.58 Å². The number of esters is 1. The molecule has 0 saturated carbocycles. The first-order valence-corrected chi connectivity index (χ1v) is 4.37. The number of ether oxygens (including phenoxy) is 1. The van der Waals surface area contributed by atoms with Gasteiger partial charge in [-0.15, -0.1) is 0 Å². The van der Waals surface area contributed by atoms with Crippen LogP contribution in [0.4, 0.5) is 0 Å². The van der Waals surface area contributed by atoms with Gasteiger partial charge in [0.25, 0.3) is 0 Å². The largest absolute Gasteiger partial charge is 0.465 e. The Morgan fingerprint density at radius 2 is 2.08 bits per heavy atom. The van der Waals surface area contributed by atoms with E-state index < -0.39 is 5.97 Å². The van der Waals surface area contributed by atoms with E-state index in [1.165, 1.54) is 0 Å². The highest BCUT2D eigenvalue weighted by Gasteiger charge is 2.07. The summed E-state index contributed by atoms with van der Waals surface area (Å²) < 4.78 is 4.82. The molecule has 0 saturated heterocycles. The highest BCUT2D eigenvalue weighted by molar-refractivity contribution is 6.01. The average Bonchev–Trinajstić information content (AvgIpc) is 2.03. The fourth-order valence-corrected chi connectivity index (χ4v) is 0.674. The van der Waals surface area contributed by atoms with Crippen LogP contribution in [0.5, 0.6) is 0 Å². The Balaban J connectivity index is 3.52. The number of carbonyl (C=O) groups excluding carboxylic acids is 2. The summed E-state index contributed by atoms with van der Waals surface area (Å²) in [6.07, 6.45) is 1.76. The first kappa shape index (κ1) is 11.9. The number of hydrogen-bond donors (Lipinski definition) is 0. The maximum Gasteiger partial charge on any atom is 0.313 e. The van der Waals surface area contributed by atoms with Crippen LogP contribution in [0.1, 0.15) is 26.7 Å². The molecule has 0 amide bonds. The molecule has 0 aliphatic heterocycles. The zero-order valence-electron chi connectivity index (χ0n) is 8.21.